The van der Waals surface area contributed by atoms with Crippen LogP contribution in [-0.4, -0.2) is 11.4 Å². The van der Waals surface area contributed by atoms with Crippen molar-refractivity contribution < 1.29 is 0 Å². The second-order valence-corrected chi connectivity index (χ2v) is 3.93. The first-order valence-corrected chi connectivity index (χ1v) is 5.69. The minimum Gasteiger partial charge on any atom is -0.144 e. The van der Waals surface area contributed by atoms with Gasteiger partial charge in [-0.15, -0.1) is 11.3 Å². The van der Waals surface area contributed by atoms with E-state index in [4.69, 9.17) is 5.53 Å². The monoisotopic (exact) mass is 257 g/mol. The lowest BCUT2D eigenvalue weighted by Gasteiger charge is -1.96. The predicted octanol–water partition coefficient (Wildman–Crippen LogP) is 3.84. The maximum absolute atomic E-state index is 8.23. The molecule has 0 radical (unpaired) electrons. The van der Waals surface area contributed by atoms with Crippen molar-refractivity contribution in [2.45, 2.75) is 6.04 Å². The van der Waals surface area contributed by atoms with E-state index in [1.165, 1.54) is 4.88 Å². The van der Waals surface area contributed by atoms with Crippen molar-refractivity contribution in [3.8, 4) is 0 Å². The number of hydrogen-bond acceptors (Lipinski definition) is 2. The van der Waals surface area contributed by atoms with E-state index < -0.39 is 0 Å². The molecule has 0 aliphatic carbocycles. The number of azide groups is 1. The first kappa shape index (κ1) is 10.3. The van der Waals surface area contributed by atoms with Gasteiger partial charge in [0.25, 0.3) is 0 Å². The summed E-state index contributed by atoms with van der Waals surface area (Å²) in [7, 11) is 0. The Morgan fingerprint density at radius 2 is 2.62 bits per heavy atom. The Labute approximate surface area is 88.8 Å². The number of alkyl halides is 1. The van der Waals surface area contributed by atoms with Crippen LogP contribution in [0.25, 0.3) is 16.5 Å². The SMILES string of the molecule is [N-]=[N+]=NC(/C=C/c1cccs1)CBr. The first-order chi connectivity index (χ1) is 6.36. The highest BCUT2D eigenvalue weighted by Crippen LogP contribution is 2.11. The zero-order valence-corrected chi connectivity index (χ0v) is 9.20. The Bertz CT molecular complexity index is 314. The van der Waals surface area contributed by atoms with Gasteiger partial charge in [-0.2, -0.15) is 0 Å². The lowest BCUT2D eigenvalue weighted by atomic mass is 10.3. The summed E-state index contributed by atoms with van der Waals surface area (Å²) in [6.07, 6.45) is 3.85. The van der Waals surface area contributed by atoms with Gasteiger partial charge in [0.05, 0.1) is 6.04 Å². The third-order valence-corrected chi connectivity index (χ3v) is 2.88. The highest BCUT2D eigenvalue weighted by molar-refractivity contribution is 9.09. The van der Waals surface area contributed by atoms with E-state index in [-0.39, 0.29) is 6.04 Å². The van der Waals surface area contributed by atoms with E-state index in [2.05, 4.69) is 26.0 Å². The van der Waals surface area contributed by atoms with Crippen LogP contribution in [0.5, 0.6) is 0 Å². The Kier molecular flexibility index (Phi) is 4.60. The van der Waals surface area contributed by atoms with Gasteiger partial charge in [0.15, 0.2) is 0 Å². The summed E-state index contributed by atoms with van der Waals surface area (Å²) in [5.74, 6) is 0. The Hall–Kier alpha value is -0.770. The molecule has 1 atom stereocenters. The fourth-order valence-corrected chi connectivity index (χ4v) is 1.75. The van der Waals surface area contributed by atoms with E-state index in [1.54, 1.807) is 11.3 Å². The normalized spacial score (nSPS) is 12.7. The van der Waals surface area contributed by atoms with Crippen LogP contribution in [0, 0.1) is 0 Å². The summed E-state index contributed by atoms with van der Waals surface area (Å²) in [6.45, 7) is 0. The molecule has 0 fully saturated rings. The van der Waals surface area contributed by atoms with Crippen molar-refractivity contribution in [1.82, 2.24) is 0 Å². The van der Waals surface area contributed by atoms with Gasteiger partial charge in [-0.25, -0.2) is 0 Å². The maximum Gasteiger partial charge on any atom is 0.0655 e. The minimum atomic E-state index is -0.105. The molecule has 0 spiro atoms. The second-order valence-electron chi connectivity index (χ2n) is 2.30. The number of hydrogen-bond donors (Lipinski definition) is 0. The van der Waals surface area contributed by atoms with Gasteiger partial charge in [-0.3, -0.25) is 0 Å². The molecular weight excluding hydrogens is 250 g/mol. The van der Waals surface area contributed by atoms with Gasteiger partial charge >= 0.3 is 0 Å². The van der Waals surface area contributed by atoms with E-state index in [0.717, 1.165) is 0 Å². The largest absolute Gasteiger partial charge is 0.144 e. The van der Waals surface area contributed by atoms with E-state index in [9.17, 15) is 0 Å². The lowest BCUT2D eigenvalue weighted by Crippen LogP contribution is -1.98. The third-order valence-electron chi connectivity index (χ3n) is 1.38. The summed E-state index contributed by atoms with van der Waals surface area (Å²) in [5, 5.41) is 6.26. The van der Waals surface area contributed by atoms with Crippen molar-refractivity contribution in [1.29, 1.82) is 0 Å². The average molecular weight is 258 g/mol. The molecule has 0 N–H and O–H groups in total. The van der Waals surface area contributed by atoms with Crippen molar-refractivity contribution >= 4 is 33.3 Å². The zero-order valence-electron chi connectivity index (χ0n) is 6.80. The molecule has 0 aliphatic heterocycles. The Balaban J connectivity index is 2.60. The number of nitrogens with zero attached hydrogens (tertiary/aromatic N) is 3. The summed E-state index contributed by atoms with van der Waals surface area (Å²) in [4.78, 5) is 3.92. The molecule has 3 nitrogen and oxygen atoms in total. The highest BCUT2D eigenvalue weighted by Gasteiger charge is 1.97. The van der Waals surface area contributed by atoms with E-state index in [1.807, 2.05) is 29.7 Å². The second kappa shape index (κ2) is 5.80. The fraction of sp³-hybridized carbons (Fsp3) is 0.250. The van der Waals surface area contributed by atoms with Crippen LogP contribution in [0.2, 0.25) is 0 Å². The smallest absolute Gasteiger partial charge is 0.0655 e. The third kappa shape index (κ3) is 3.63. The summed E-state index contributed by atoms with van der Waals surface area (Å²) in [6, 6.07) is 3.90. The zero-order chi connectivity index (χ0) is 9.52. The molecule has 1 aromatic heterocycles. The average Bonchev–Trinajstić information content (AvgIpc) is 2.64. The van der Waals surface area contributed by atoms with Crippen LogP contribution in [-0.2, 0) is 0 Å². The van der Waals surface area contributed by atoms with Crippen LogP contribution in [0.4, 0.5) is 0 Å². The molecule has 1 rings (SSSR count). The van der Waals surface area contributed by atoms with Gasteiger partial charge in [0, 0.05) is 15.1 Å². The molecule has 5 heteroatoms. The molecule has 0 aromatic carbocycles. The van der Waals surface area contributed by atoms with Crippen LogP contribution in [0.15, 0.2) is 28.7 Å². The molecule has 1 unspecified atom stereocenters. The minimum absolute atomic E-state index is 0.105. The van der Waals surface area contributed by atoms with Crippen molar-refractivity contribution in [2.75, 3.05) is 5.33 Å². The highest BCUT2D eigenvalue weighted by atomic mass is 79.9. The van der Waals surface area contributed by atoms with Gasteiger partial charge in [-0.1, -0.05) is 33.2 Å². The quantitative estimate of drug-likeness (QED) is 0.341. The molecule has 1 aromatic rings. The number of rotatable bonds is 4. The summed E-state index contributed by atoms with van der Waals surface area (Å²) < 4.78 is 0. The first-order valence-electron chi connectivity index (χ1n) is 3.68. The number of thiophene rings is 1. The fourth-order valence-electron chi connectivity index (χ4n) is 0.779. The van der Waals surface area contributed by atoms with Crippen molar-refractivity contribution in [2.24, 2.45) is 5.11 Å². The lowest BCUT2D eigenvalue weighted by molar-refractivity contribution is 0.936. The molecule has 1 heterocycles. The van der Waals surface area contributed by atoms with Gasteiger partial charge < -0.3 is 0 Å². The van der Waals surface area contributed by atoms with E-state index >= 15 is 0 Å². The van der Waals surface area contributed by atoms with Gasteiger partial charge in [0.2, 0.25) is 0 Å². The molecule has 0 saturated heterocycles. The van der Waals surface area contributed by atoms with Crippen molar-refractivity contribution in [3.05, 3.63) is 38.9 Å². The predicted molar refractivity (Wildman–Crippen MR) is 60.1 cm³/mol. The molecular formula is C8H8BrN3S. The van der Waals surface area contributed by atoms with E-state index in [0.29, 0.717) is 5.33 Å². The summed E-state index contributed by atoms with van der Waals surface area (Å²) >= 11 is 4.93. The van der Waals surface area contributed by atoms with Crippen LogP contribution in [0.3, 0.4) is 0 Å². The Morgan fingerprint density at radius 3 is 3.15 bits per heavy atom. The molecule has 0 amide bonds. The maximum atomic E-state index is 8.23. The molecule has 68 valence electrons. The number of halogens is 1. The van der Waals surface area contributed by atoms with Crippen LogP contribution < -0.4 is 0 Å². The molecule has 13 heavy (non-hydrogen) atoms. The molecule has 0 saturated carbocycles. The molecule has 0 aliphatic rings. The van der Waals surface area contributed by atoms with Gasteiger partial charge in [-0.05, 0) is 23.1 Å². The molecule has 0 bridgehead atoms. The Morgan fingerprint density at radius 1 is 1.77 bits per heavy atom. The van der Waals surface area contributed by atoms with Gasteiger partial charge in [0.1, 0.15) is 0 Å². The van der Waals surface area contributed by atoms with Crippen LogP contribution >= 0.6 is 27.3 Å². The van der Waals surface area contributed by atoms with Crippen LogP contribution in [0.1, 0.15) is 4.88 Å². The summed E-state index contributed by atoms with van der Waals surface area (Å²) in [5.41, 5.74) is 8.23. The van der Waals surface area contributed by atoms with Crippen molar-refractivity contribution in [3.63, 3.8) is 0 Å². The standard InChI is InChI=1S/C8H8BrN3S/c9-6-7(11-12-10)3-4-8-2-1-5-13-8/h1-5,7H,6H2/b4-3+. The topological polar surface area (TPSA) is 48.8 Å².